The van der Waals surface area contributed by atoms with Crippen LogP contribution < -0.4 is 10.1 Å². The van der Waals surface area contributed by atoms with Crippen molar-refractivity contribution in [3.8, 4) is 11.6 Å². The maximum atomic E-state index is 12.4. The molecule has 4 rings (SSSR count). The summed E-state index contributed by atoms with van der Waals surface area (Å²) >= 11 is 0. The number of carbonyl (C=O) groups excluding carboxylic acids is 1. The average Bonchev–Trinajstić information content (AvgIpc) is 3.23. The summed E-state index contributed by atoms with van der Waals surface area (Å²) in [7, 11) is 0. The molecule has 1 amide bonds. The number of aromatic nitrogens is 5. The molecule has 0 atom stereocenters. The summed E-state index contributed by atoms with van der Waals surface area (Å²) in [6, 6.07) is 8.85. The van der Waals surface area contributed by atoms with Crippen molar-refractivity contribution in [2.24, 2.45) is 0 Å². The summed E-state index contributed by atoms with van der Waals surface area (Å²) in [6.45, 7) is 1.90. The van der Waals surface area contributed by atoms with Crippen molar-refractivity contribution in [3.05, 3.63) is 60.3 Å². The maximum Gasteiger partial charge on any atom is 0.257 e. The van der Waals surface area contributed by atoms with Crippen molar-refractivity contribution in [1.29, 1.82) is 0 Å². The van der Waals surface area contributed by atoms with E-state index in [9.17, 15) is 4.79 Å². The van der Waals surface area contributed by atoms with Crippen molar-refractivity contribution in [3.63, 3.8) is 0 Å². The van der Waals surface area contributed by atoms with Crippen molar-refractivity contribution < 1.29 is 9.53 Å². The largest absolute Gasteiger partial charge is 0.438 e. The van der Waals surface area contributed by atoms with Gasteiger partial charge in [-0.25, -0.2) is 9.97 Å². The number of rotatable bonds is 4. The van der Waals surface area contributed by atoms with Crippen LogP contribution in [0.2, 0.25) is 0 Å². The van der Waals surface area contributed by atoms with E-state index >= 15 is 0 Å². The first-order valence-electron chi connectivity index (χ1n) is 7.57. The van der Waals surface area contributed by atoms with Crippen LogP contribution >= 0.6 is 0 Å². The SMILES string of the molecule is Cc1cc(Oc2ccc(NC(=O)c3c[nH]c4ncncc34)cc2)n[nH]1. The molecule has 0 aliphatic heterocycles. The van der Waals surface area contributed by atoms with Gasteiger partial charge in [-0.2, -0.15) is 0 Å². The first kappa shape index (κ1) is 14.9. The normalized spacial score (nSPS) is 10.8. The Balaban J connectivity index is 1.48. The number of ether oxygens (including phenoxy) is 1. The molecule has 8 heteroatoms. The Morgan fingerprint density at radius 1 is 1.24 bits per heavy atom. The van der Waals surface area contributed by atoms with Gasteiger partial charge < -0.3 is 15.0 Å². The molecule has 0 bridgehead atoms. The van der Waals surface area contributed by atoms with Gasteiger partial charge in [0.05, 0.1) is 5.56 Å². The predicted octanol–water partition coefficient (Wildman–Crippen LogP) is 3.03. The number of nitrogens with one attached hydrogen (secondary N) is 3. The molecule has 8 nitrogen and oxygen atoms in total. The van der Waals surface area contributed by atoms with E-state index in [-0.39, 0.29) is 5.91 Å². The molecule has 3 heterocycles. The van der Waals surface area contributed by atoms with E-state index in [0.717, 1.165) is 5.69 Å². The highest BCUT2D eigenvalue weighted by molar-refractivity contribution is 6.12. The number of benzene rings is 1. The molecule has 25 heavy (non-hydrogen) atoms. The van der Waals surface area contributed by atoms with Crippen molar-refractivity contribution in [1.82, 2.24) is 25.1 Å². The Morgan fingerprint density at radius 2 is 2.08 bits per heavy atom. The van der Waals surface area contributed by atoms with Gasteiger partial charge in [0.1, 0.15) is 17.7 Å². The summed E-state index contributed by atoms with van der Waals surface area (Å²) < 4.78 is 5.61. The second-order valence-corrected chi connectivity index (χ2v) is 5.46. The van der Waals surface area contributed by atoms with Crippen LogP contribution in [0.3, 0.4) is 0 Å². The second-order valence-electron chi connectivity index (χ2n) is 5.46. The number of aromatic amines is 2. The van der Waals surface area contributed by atoms with Crippen LogP contribution in [0.1, 0.15) is 16.1 Å². The lowest BCUT2D eigenvalue weighted by molar-refractivity contribution is 0.102. The van der Waals surface area contributed by atoms with Crippen molar-refractivity contribution in [2.75, 3.05) is 5.32 Å². The molecule has 0 radical (unpaired) electrons. The second kappa shape index (κ2) is 6.08. The van der Waals surface area contributed by atoms with Gasteiger partial charge >= 0.3 is 0 Å². The molecule has 4 aromatic rings. The van der Waals surface area contributed by atoms with Gasteiger partial charge in [0.2, 0.25) is 5.88 Å². The van der Waals surface area contributed by atoms with Gasteiger partial charge in [0.25, 0.3) is 5.91 Å². The molecule has 0 spiro atoms. The minimum atomic E-state index is -0.238. The number of anilines is 1. The molecule has 124 valence electrons. The van der Waals surface area contributed by atoms with Crippen molar-refractivity contribution in [2.45, 2.75) is 6.92 Å². The molecule has 0 fully saturated rings. The first-order chi connectivity index (χ1) is 12.2. The summed E-state index contributed by atoms with van der Waals surface area (Å²) in [5, 5.41) is 10.3. The molecular weight excluding hydrogens is 320 g/mol. The van der Waals surface area contributed by atoms with Crippen molar-refractivity contribution >= 4 is 22.6 Å². The maximum absolute atomic E-state index is 12.4. The fourth-order valence-electron chi connectivity index (χ4n) is 2.42. The summed E-state index contributed by atoms with van der Waals surface area (Å²) in [5.74, 6) is 0.885. The molecule has 1 aromatic carbocycles. The highest BCUT2D eigenvalue weighted by Crippen LogP contribution is 2.23. The lowest BCUT2D eigenvalue weighted by atomic mass is 10.2. The fourth-order valence-corrected chi connectivity index (χ4v) is 2.42. The quantitative estimate of drug-likeness (QED) is 0.531. The molecule has 0 unspecified atom stereocenters. The van der Waals surface area contributed by atoms with Crippen LogP contribution in [0.15, 0.2) is 49.1 Å². The third-order valence-corrected chi connectivity index (χ3v) is 3.62. The number of amides is 1. The average molecular weight is 334 g/mol. The zero-order chi connectivity index (χ0) is 17.2. The van der Waals surface area contributed by atoms with Crippen LogP contribution in [0.25, 0.3) is 11.0 Å². The van der Waals surface area contributed by atoms with E-state index in [0.29, 0.717) is 33.9 Å². The lowest BCUT2D eigenvalue weighted by Gasteiger charge is -2.06. The Kier molecular flexibility index (Phi) is 3.62. The number of H-pyrrole nitrogens is 2. The van der Waals surface area contributed by atoms with E-state index in [2.05, 4.69) is 30.5 Å². The van der Waals surface area contributed by atoms with Gasteiger partial charge in [-0.3, -0.25) is 9.89 Å². The Hall–Kier alpha value is -3.68. The minimum absolute atomic E-state index is 0.238. The number of fused-ring (bicyclic) bond motifs is 1. The van der Waals surface area contributed by atoms with E-state index in [1.807, 2.05) is 6.92 Å². The third-order valence-electron chi connectivity index (χ3n) is 3.62. The number of hydrogen-bond acceptors (Lipinski definition) is 5. The van der Waals surface area contributed by atoms with Gasteiger partial charge in [-0.15, -0.1) is 5.10 Å². The minimum Gasteiger partial charge on any atom is -0.438 e. The molecule has 0 aliphatic rings. The predicted molar refractivity (Wildman–Crippen MR) is 91.7 cm³/mol. The van der Waals surface area contributed by atoms with Crippen LogP contribution in [0, 0.1) is 6.92 Å². The van der Waals surface area contributed by atoms with E-state index in [1.54, 1.807) is 42.7 Å². The van der Waals surface area contributed by atoms with Gasteiger partial charge in [-0.1, -0.05) is 0 Å². The molecule has 3 aromatic heterocycles. The van der Waals surface area contributed by atoms with Gasteiger partial charge in [0, 0.05) is 35.2 Å². The Bertz CT molecular complexity index is 1030. The van der Waals surface area contributed by atoms with Crippen LogP contribution in [0.4, 0.5) is 5.69 Å². The summed E-state index contributed by atoms with van der Waals surface area (Å²) in [5.41, 5.74) is 2.68. The summed E-state index contributed by atoms with van der Waals surface area (Å²) in [4.78, 5) is 23.4. The van der Waals surface area contributed by atoms with Crippen LogP contribution in [0.5, 0.6) is 11.6 Å². The van der Waals surface area contributed by atoms with Crippen LogP contribution in [-0.2, 0) is 0 Å². The van der Waals surface area contributed by atoms with Gasteiger partial charge in [-0.05, 0) is 31.2 Å². The topological polar surface area (TPSA) is 109 Å². The fraction of sp³-hybridized carbons (Fsp3) is 0.0588. The highest BCUT2D eigenvalue weighted by atomic mass is 16.5. The zero-order valence-corrected chi connectivity index (χ0v) is 13.3. The number of aryl methyl sites for hydroxylation is 1. The molecule has 0 saturated heterocycles. The zero-order valence-electron chi connectivity index (χ0n) is 13.3. The van der Waals surface area contributed by atoms with E-state index in [4.69, 9.17) is 4.74 Å². The lowest BCUT2D eigenvalue weighted by Crippen LogP contribution is -2.11. The number of carbonyl (C=O) groups is 1. The number of hydrogen-bond donors (Lipinski definition) is 3. The summed E-state index contributed by atoms with van der Waals surface area (Å²) in [6.07, 6.45) is 4.66. The standard InChI is InChI=1S/C17H14N6O2/c1-10-6-15(23-22-10)25-12-4-2-11(3-5-12)21-17(24)14-8-19-16-13(14)7-18-9-20-16/h2-9H,1H3,(H,21,24)(H,22,23)(H,18,19,20). The molecule has 3 N–H and O–H groups in total. The molecular formula is C17H14N6O2. The Morgan fingerprint density at radius 3 is 2.84 bits per heavy atom. The smallest absolute Gasteiger partial charge is 0.257 e. The number of nitrogens with zero attached hydrogens (tertiary/aromatic N) is 3. The molecule has 0 saturated carbocycles. The van der Waals surface area contributed by atoms with Crippen LogP contribution in [-0.4, -0.2) is 31.1 Å². The monoisotopic (exact) mass is 334 g/mol. The van der Waals surface area contributed by atoms with Gasteiger partial charge in [0.15, 0.2) is 0 Å². The molecule has 0 aliphatic carbocycles. The van der Waals surface area contributed by atoms with E-state index in [1.165, 1.54) is 6.33 Å². The highest BCUT2D eigenvalue weighted by Gasteiger charge is 2.13. The van der Waals surface area contributed by atoms with E-state index < -0.39 is 0 Å². The Labute approximate surface area is 142 Å². The first-order valence-corrected chi connectivity index (χ1v) is 7.57. The third kappa shape index (κ3) is 3.05.